The predicted molar refractivity (Wildman–Crippen MR) is 325 cm³/mol. The Morgan fingerprint density at radius 3 is 1.32 bits per heavy atom. The SMILES string of the molecule is COC(=O)[C@H](Cc1c[nH]c2ccccc12)NC(=O)[C@H](CC(=O)OCc1ccccc1)NC(=O)[C@@H](N)CCSC.COC(=O)[C@H](Cc1c[nH]c2ccccc12)NC(=O)[C@H](CC(=O)OCc1ccccc1)NC(=O)[C@H](CCSC)NC(=O)OC(C)(C)C. The third-order valence-electron chi connectivity index (χ3n) is 12.9. The predicted octanol–water partition coefficient (Wildman–Crippen LogP) is 5.70. The number of benzene rings is 4. The van der Waals surface area contributed by atoms with E-state index in [1.807, 2.05) is 85.3 Å². The number of methoxy groups -OCH3 is 2. The van der Waals surface area contributed by atoms with Gasteiger partial charge in [-0.25, -0.2) is 14.4 Å². The Bertz CT molecular complexity index is 3170. The fourth-order valence-electron chi connectivity index (χ4n) is 8.48. The molecule has 24 heteroatoms. The van der Waals surface area contributed by atoms with Crippen LogP contribution in [0.2, 0.25) is 0 Å². The number of thioether (sulfide) groups is 2. The first-order valence-electron chi connectivity index (χ1n) is 27.3. The number of alkyl carbamates (subject to hydrolysis) is 1. The Morgan fingerprint density at radius 1 is 0.506 bits per heavy atom. The van der Waals surface area contributed by atoms with Gasteiger partial charge in [-0.15, -0.1) is 0 Å². The zero-order valence-electron chi connectivity index (χ0n) is 48.7. The average Bonchev–Trinajstić information content (AvgIpc) is 4.35. The highest BCUT2D eigenvalue weighted by Gasteiger charge is 2.34. The Labute approximate surface area is 502 Å². The van der Waals surface area contributed by atoms with Gasteiger partial charge in [0.1, 0.15) is 49.0 Å². The van der Waals surface area contributed by atoms with Crippen LogP contribution in [0.15, 0.2) is 122 Å². The number of amides is 5. The number of fused-ring (bicyclic) bond motifs is 2. The van der Waals surface area contributed by atoms with E-state index in [1.54, 1.807) is 69.6 Å². The number of rotatable bonds is 29. The van der Waals surface area contributed by atoms with Crippen molar-refractivity contribution in [2.75, 3.05) is 38.2 Å². The smallest absolute Gasteiger partial charge is 0.408 e. The fraction of sp³-hybridized carbons (Fsp3) is 0.393. The van der Waals surface area contributed by atoms with Crippen molar-refractivity contribution < 1.29 is 66.8 Å². The first kappa shape index (κ1) is 67.4. The van der Waals surface area contributed by atoms with Gasteiger partial charge in [-0.1, -0.05) is 97.1 Å². The number of ether oxygens (including phenoxy) is 5. The van der Waals surface area contributed by atoms with E-state index in [4.69, 9.17) is 29.4 Å². The molecule has 22 nitrogen and oxygen atoms in total. The van der Waals surface area contributed by atoms with Gasteiger partial charge in [-0.3, -0.25) is 28.8 Å². The zero-order chi connectivity index (χ0) is 61.9. The molecule has 0 aliphatic heterocycles. The molecule has 5 amide bonds. The van der Waals surface area contributed by atoms with Crippen molar-refractivity contribution in [3.63, 3.8) is 0 Å². The van der Waals surface area contributed by atoms with Gasteiger partial charge in [-0.2, -0.15) is 23.5 Å². The van der Waals surface area contributed by atoms with Crippen LogP contribution in [0.1, 0.15) is 68.7 Å². The van der Waals surface area contributed by atoms with Crippen LogP contribution in [0.5, 0.6) is 0 Å². The van der Waals surface area contributed by atoms with Crippen molar-refractivity contribution in [3.05, 3.63) is 144 Å². The quantitative estimate of drug-likeness (QED) is 0.0206. The number of esters is 4. The molecule has 0 aliphatic rings. The van der Waals surface area contributed by atoms with Gasteiger partial charge < -0.3 is 66.0 Å². The molecule has 0 spiro atoms. The molecule has 6 aromatic rings. The van der Waals surface area contributed by atoms with Crippen molar-refractivity contribution in [1.82, 2.24) is 36.6 Å². The normalized spacial score (nSPS) is 13.2. The lowest BCUT2D eigenvalue weighted by atomic mass is 10.0. The highest BCUT2D eigenvalue weighted by Crippen LogP contribution is 2.22. The van der Waals surface area contributed by atoms with Crippen LogP contribution in [0.4, 0.5) is 4.79 Å². The van der Waals surface area contributed by atoms with E-state index in [1.165, 1.54) is 37.7 Å². The highest BCUT2D eigenvalue weighted by molar-refractivity contribution is 7.98. The minimum absolute atomic E-state index is 0.0144. The van der Waals surface area contributed by atoms with E-state index >= 15 is 0 Å². The summed E-state index contributed by atoms with van der Waals surface area (Å²) in [6.07, 6.45) is 6.30. The van der Waals surface area contributed by atoms with Crippen LogP contribution < -0.4 is 32.3 Å². The largest absolute Gasteiger partial charge is 0.467 e. The summed E-state index contributed by atoms with van der Waals surface area (Å²) < 4.78 is 25.9. The molecule has 9 N–H and O–H groups in total. The molecule has 0 saturated carbocycles. The Balaban J connectivity index is 0.000000315. The van der Waals surface area contributed by atoms with Crippen molar-refractivity contribution in [2.45, 2.75) is 114 Å². The van der Waals surface area contributed by atoms with E-state index < -0.39 is 108 Å². The maximum absolute atomic E-state index is 13.7. The molecule has 0 aliphatic carbocycles. The van der Waals surface area contributed by atoms with Gasteiger partial charge in [0.2, 0.25) is 23.6 Å². The van der Waals surface area contributed by atoms with Gasteiger partial charge in [0.15, 0.2) is 0 Å². The molecule has 0 unspecified atom stereocenters. The average molecular weight is 1210 g/mol. The minimum Gasteiger partial charge on any atom is -0.467 e. The van der Waals surface area contributed by atoms with E-state index in [9.17, 15) is 43.2 Å². The number of hydrogen-bond donors (Lipinski definition) is 8. The Kier molecular flexibility index (Phi) is 27.3. The maximum atomic E-state index is 13.7. The summed E-state index contributed by atoms with van der Waals surface area (Å²) in [4.78, 5) is 123. The molecule has 4 aromatic carbocycles. The molecule has 0 saturated heterocycles. The summed E-state index contributed by atoms with van der Waals surface area (Å²) in [6.45, 7) is 5.06. The fourth-order valence-corrected chi connectivity index (χ4v) is 9.44. The van der Waals surface area contributed by atoms with Crippen LogP contribution in [-0.4, -0.2) is 144 Å². The molecule has 85 heavy (non-hydrogen) atoms. The summed E-state index contributed by atoms with van der Waals surface area (Å²) in [7, 11) is 2.43. The molecule has 456 valence electrons. The molecular formula is C61H76N8O14S2. The Morgan fingerprint density at radius 2 is 0.894 bits per heavy atom. The highest BCUT2D eigenvalue weighted by atomic mass is 32.2. The molecule has 0 fully saturated rings. The third-order valence-corrected chi connectivity index (χ3v) is 14.2. The molecule has 2 aromatic heterocycles. The number of para-hydroxylation sites is 2. The number of carbonyl (C=O) groups excluding carboxylic acids is 9. The number of hydrogen-bond acceptors (Lipinski definition) is 17. The second kappa shape index (κ2) is 34.4. The number of nitrogens with one attached hydrogen (secondary N) is 7. The Hall–Kier alpha value is -8.35. The monoisotopic (exact) mass is 1210 g/mol. The lowest BCUT2D eigenvalue weighted by Crippen LogP contribution is -2.57. The van der Waals surface area contributed by atoms with Crippen molar-refractivity contribution in [2.24, 2.45) is 5.73 Å². The van der Waals surface area contributed by atoms with Crippen molar-refractivity contribution in [3.8, 4) is 0 Å². The first-order valence-corrected chi connectivity index (χ1v) is 30.1. The number of aromatic amines is 2. The number of carbonyl (C=O) groups is 9. The van der Waals surface area contributed by atoms with Crippen LogP contribution in [0, 0.1) is 0 Å². The second-order valence-electron chi connectivity index (χ2n) is 20.5. The molecule has 6 atom stereocenters. The maximum Gasteiger partial charge on any atom is 0.408 e. The van der Waals surface area contributed by atoms with Gasteiger partial charge in [0.25, 0.3) is 0 Å². The topological polar surface area (TPSA) is 318 Å². The second-order valence-corrected chi connectivity index (χ2v) is 22.5. The lowest BCUT2D eigenvalue weighted by molar-refractivity contribution is -0.149. The molecule has 6 rings (SSSR count). The van der Waals surface area contributed by atoms with Crippen LogP contribution >= 0.6 is 23.5 Å². The van der Waals surface area contributed by atoms with Crippen LogP contribution in [0.25, 0.3) is 21.8 Å². The van der Waals surface area contributed by atoms with Gasteiger partial charge >= 0.3 is 30.0 Å². The van der Waals surface area contributed by atoms with Crippen molar-refractivity contribution >= 4 is 98.9 Å². The summed E-state index contributed by atoms with van der Waals surface area (Å²) in [5.41, 5.74) is 9.98. The summed E-state index contributed by atoms with van der Waals surface area (Å²) in [6, 6.07) is 26.2. The van der Waals surface area contributed by atoms with Gasteiger partial charge in [0, 0.05) is 47.0 Å². The van der Waals surface area contributed by atoms with Gasteiger partial charge in [-0.05, 0) is 92.0 Å². The molecular weight excluding hydrogens is 1130 g/mol. The van der Waals surface area contributed by atoms with Gasteiger partial charge in [0.05, 0.1) is 33.1 Å². The lowest BCUT2D eigenvalue weighted by Gasteiger charge is -2.26. The van der Waals surface area contributed by atoms with E-state index in [0.29, 0.717) is 17.9 Å². The number of nitrogens with two attached hydrogens (primary N) is 1. The molecule has 2 heterocycles. The summed E-state index contributed by atoms with van der Waals surface area (Å²) >= 11 is 3.00. The van der Waals surface area contributed by atoms with E-state index in [0.717, 1.165) is 44.1 Å². The molecule has 0 radical (unpaired) electrons. The number of H-pyrrole nitrogens is 2. The third kappa shape index (κ3) is 22.6. The van der Waals surface area contributed by atoms with E-state index in [-0.39, 0.29) is 32.5 Å². The van der Waals surface area contributed by atoms with Crippen LogP contribution in [-0.2, 0) is 88.1 Å². The van der Waals surface area contributed by atoms with Crippen LogP contribution in [0.3, 0.4) is 0 Å². The zero-order valence-corrected chi connectivity index (χ0v) is 50.3. The minimum atomic E-state index is -1.44. The number of aromatic nitrogens is 2. The standard InChI is InChI=1S/C33H42N4O8S.C28H34N4O6S/c1-33(2,3)45-32(42)37-25(15-16-46-5)29(39)35-26(18-28(38)44-20-21-11-7-6-8-12-21)30(40)36-27(31(41)43-4)17-22-19-34-24-14-10-9-13-23(22)24;1-37-28(36)24(14-19-16-30-22-11-7-6-10-20(19)22)32-27(35)23(31-26(34)21(29)12-13-39-2)15-25(33)38-17-18-8-4-3-5-9-18/h6-14,19,25-27,34H,15-18,20H2,1-5H3,(H,35,39)(H,36,40)(H,37,42);3-11,16,21,23-24,30H,12-15,17,29H2,1-2H3,(H,31,34)(H,32,35)/t25-,26-,27-;21-,23-,24-/m00/s1. The first-order chi connectivity index (χ1) is 40.7. The summed E-state index contributed by atoms with van der Waals surface area (Å²) in [5.74, 6) is -4.47. The summed E-state index contributed by atoms with van der Waals surface area (Å²) in [5, 5.41) is 14.7. The van der Waals surface area contributed by atoms with Crippen molar-refractivity contribution in [1.29, 1.82) is 0 Å². The molecule has 0 bridgehead atoms. The van der Waals surface area contributed by atoms with E-state index in [2.05, 4.69) is 36.6 Å².